The van der Waals surface area contributed by atoms with Crippen LogP contribution in [0.4, 0.5) is 5.82 Å². The van der Waals surface area contributed by atoms with Crippen molar-refractivity contribution in [1.29, 1.82) is 0 Å². The van der Waals surface area contributed by atoms with Gasteiger partial charge in [0, 0.05) is 10.9 Å². The summed E-state index contributed by atoms with van der Waals surface area (Å²) in [5.41, 5.74) is 1.70. The first-order valence-electron chi connectivity index (χ1n) is 6.44. The molecule has 3 aromatic rings. The number of nitrogens with one attached hydrogen (secondary N) is 1. The van der Waals surface area contributed by atoms with E-state index >= 15 is 0 Å². The van der Waals surface area contributed by atoms with Crippen LogP contribution < -0.4 is 5.32 Å². The van der Waals surface area contributed by atoms with E-state index in [-0.39, 0.29) is 12.6 Å². The Balaban J connectivity index is 1.99. The number of aliphatic hydroxyl groups excluding tert-OH is 1. The molecule has 0 saturated heterocycles. The van der Waals surface area contributed by atoms with Gasteiger partial charge in [-0.3, -0.25) is 0 Å². The fourth-order valence-corrected chi connectivity index (χ4v) is 2.56. The third-order valence-electron chi connectivity index (χ3n) is 3.11. The minimum atomic E-state index is 0.000952. The second kappa shape index (κ2) is 5.56. The molecule has 0 aliphatic heterocycles. The van der Waals surface area contributed by atoms with Gasteiger partial charge in [0.25, 0.3) is 0 Å². The molecule has 0 bridgehead atoms. The highest BCUT2D eigenvalue weighted by atomic mass is 32.1. The highest BCUT2D eigenvalue weighted by molar-refractivity contribution is 7.08. The van der Waals surface area contributed by atoms with Crippen molar-refractivity contribution in [3.63, 3.8) is 0 Å². The van der Waals surface area contributed by atoms with Crippen LogP contribution >= 0.6 is 11.3 Å². The number of nitrogens with zero attached hydrogens (tertiary/aromatic N) is 4. The number of anilines is 1. The summed E-state index contributed by atoms with van der Waals surface area (Å²) in [6.45, 7) is 2.09. The van der Waals surface area contributed by atoms with Crippen LogP contribution in [-0.4, -0.2) is 37.6 Å². The SMILES string of the molecule is CCC(CO)Nc1ccc2nnc(-c3ccsc3)n2n1. The van der Waals surface area contributed by atoms with Crippen LogP contribution in [0.15, 0.2) is 29.0 Å². The molecule has 0 aliphatic rings. The Morgan fingerprint density at radius 2 is 2.25 bits per heavy atom. The Labute approximate surface area is 120 Å². The molecule has 0 aliphatic carbocycles. The minimum Gasteiger partial charge on any atom is -0.394 e. The van der Waals surface area contributed by atoms with Crippen molar-refractivity contribution in [2.24, 2.45) is 0 Å². The molecule has 0 spiro atoms. The smallest absolute Gasteiger partial charge is 0.186 e. The summed E-state index contributed by atoms with van der Waals surface area (Å²) < 4.78 is 1.72. The molecule has 20 heavy (non-hydrogen) atoms. The van der Waals surface area contributed by atoms with Gasteiger partial charge in [0.1, 0.15) is 5.82 Å². The molecule has 0 radical (unpaired) electrons. The average Bonchev–Trinajstić information content (AvgIpc) is 3.12. The van der Waals surface area contributed by atoms with Crippen molar-refractivity contribution in [1.82, 2.24) is 19.8 Å². The van der Waals surface area contributed by atoms with Gasteiger partial charge in [0.05, 0.1) is 12.6 Å². The average molecular weight is 289 g/mol. The highest BCUT2D eigenvalue weighted by Gasteiger charge is 2.11. The minimum absolute atomic E-state index is 0.000952. The Hall–Kier alpha value is -1.99. The van der Waals surface area contributed by atoms with Gasteiger partial charge in [0.2, 0.25) is 0 Å². The first-order chi connectivity index (χ1) is 9.81. The van der Waals surface area contributed by atoms with Gasteiger partial charge in [-0.1, -0.05) is 6.92 Å². The van der Waals surface area contributed by atoms with Gasteiger partial charge in [-0.15, -0.1) is 15.3 Å². The van der Waals surface area contributed by atoms with Crippen LogP contribution in [0.2, 0.25) is 0 Å². The summed E-state index contributed by atoms with van der Waals surface area (Å²) in [6, 6.07) is 5.70. The van der Waals surface area contributed by atoms with Crippen molar-refractivity contribution in [3.8, 4) is 11.4 Å². The first kappa shape index (κ1) is 13.0. The normalized spacial score (nSPS) is 12.7. The summed E-state index contributed by atoms with van der Waals surface area (Å²) in [6.07, 6.45) is 0.829. The molecule has 3 rings (SSSR count). The number of hydrogen-bond acceptors (Lipinski definition) is 6. The number of fused-ring (bicyclic) bond motifs is 1. The predicted octanol–water partition coefficient (Wildman–Crippen LogP) is 2.04. The maximum Gasteiger partial charge on any atom is 0.186 e. The van der Waals surface area contributed by atoms with Gasteiger partial charge < -0.3 is 10.4 Å². The summed E-state index contributed by atoms with van der Waals surface area (Å²) >= 11 is 1.61. The third kappa shape index (κ3) is 2.37. The number of rotatable bonds is 5. The van der Waals surface area contributed by atoms with Crippen LogP contribution in [0.3, 0.4) is 0 Å². The van der Waals surface area contributed by atoms with Crippen molar-refractivity contribution in [2.75, 3.05) is 11.9 Å². The van der Waals surface area contributed by atoms with Gasteiger partial charge in [-0.2, -0.15) is 15.9 Å². The molecule has 0 amide bonds. The van der Waals surface area contributed by atoms with E-state index in [2.05, 4.69) is 20.6 Å². The second-order valence-corrected chi connectivity index (χ2v) is 5.24. The fourth-order valence-electron chi connectivity index (χ4n) is 1.92. The van der Waals surface area contributed by atoms with Crippen molar-refractivity contribution >= 4 is 22.8 Å². The molecule has 2 N–H and O–H groups in total. The molecule has 0 aromatic carbocycles. The van der Waals surface area contributed by atoms with Crippen molar-refractivity contribution < 1.29 is 5.11 Å². The molecular weight excluding hydrogens is 274 g/mol. The van der Waals surface area contributed by atoms with Crippen LogP contribution in [0, 0.1) is 0 Å². The topological polar surface area (TPSA) is 75.3 Å². The summed E-state index contributed by atoms with van der Waals surface area (Å²) in [5.74, 6) is 1.43. The summed E-state index contributed by atoms with van der Waals surface area (Å²) in [5, 5.41) is 29.2. The van der Waals surface area contributed by atoms with E-state index in [9.17, 15) is 5.11 Å². The quantitative estimate of drug-likeness (QED) is 0.751. The third-order valence-corrected chi connectivity index (χ3v) is 3.79. The first-order valence-corrected chi connectivity index (χ1v) is 7.38. The lowest BCUT2D eigenvalue weighted by atomic mass is 10.2. The van der Waals surface area contributed by atoms with E-state index in [4.69, 9.17) is 0 Å². The summed E-state index contributed by atoms with van der Waals surface area (Å²) in [4.78, 5) is 0. The fraction of sp³-hybridized carbons (Fsp3) is 0.308. The van der Waals surface area contributed by atoms with E-state index in [1.54, 1.807) is 15.9 Å². The maximum absolute atomic E-state index is 9.25. The largest absolute Gasteiger partial charge is 0.394 e. The molecule has 3 aromatic heterocycles. The lowest BCUT2D eigenvalue weighted by Gasteiger charge is -2.14. The zero-order valence-electron chi connectivity index (χ0n) is 11.0. The highest BCUT2D eigenvalue weighted by Crippen LogP contribution is 2.21. The van der Waals surface area contributed by atoms with Crippen molar-refractivity contribution in [3.05, 3.63) is 29.0 Å². The van der Waals surface area contributed by atoms with Crippen LogP contribution in [0.25, 0.3) is 17.0 Å². The molecule has 7 heteroatoms. The van der Waals surface area contributed by atoms with Crippen LogP contribution in [-0.2, 0) is 0 Å². The monoisotopic (exact) mass is 289 g/mol. The lowest BCUT2D eigenvalue weighted by molar-refractivity contribution is 0.271. The zero-order chi connectivity index (χ0) is 13.9. The molecular formula is C13H15N5OS. The molecule has 1 unspecified atom stereocenters. The molecule has 6 nitrogen and oxygen atoms in total. The number of aliphatic hydroxyl groups is 1. The zero-order valence-corrected chi connectivity index (χ0v) is 11.8. The molecule has 3 heterocycles. The Morgan fingerprint density at radius 1 is 1.35 bits per heavy atom. The van der Waals surface area contributed by atoms with E-state index in [0.29, 0.717) is 11.5 Å². The van der Waals surface area contributed by atoms with Gasteiger partial charge >= 0.3 is 0 Å². The maximum atomic E-state index is 9.25. The Kier molecular flexibility index (Phi) is 3.62. The molecule has 104 valence electrons. The molecule has 0 fully saturated rings. The number of aromatic nitrogens is 4. The van der Waals surface area contributed by atoms with Gasteiger partial charge in [-0.25, -0.2) is 0 Å². The Bertz CT molecular complexity index is 690. The van der Waals surface area contributed by atoms with Crippen molar-refractivity contribution in [2.45, 2.75) is 19.4 Å². The second-order valence-electron chi connectivity index (χ2n) is 4.46. The van der Waals surface area contributed by atoms with E-state index in [0.717, 1.165) is 17.8 Å². The van der Waals surface area contributed by atoms with Crippen LogP contribution in [0.1, 0.15) is 13.3 Å². The predicted molar refractivity (Wildman–Crippen MR) is 78.9 cm³/mol. The number of hydrogen-bond donors (Lipinski definition) is 2. The van der Waals surface area contributed by atoms with Crippen LogP contribution in [0.5, 0.6) is 0 Å². The van der Waals surface area contributed by atoms with E-state index in [1.807, 2.05) is 35.9 Å². The summed E-state index contributed by atoms with van der Waals surface area (Å²) in [7, 11) is 0. The van der Waals surface area contributed by atoms with Gasteiger partial charge in [0.15, 0.2) is 11.5 Å². The lowest BCUT2D eigenvalue weighted by Crippen LogP contribution is -2.23. The van der Waals surface area contributed by atoms with E-state index < -0.39 is 0 Å². The number of thiophene rings is 1. The molecule has 0 saturated carbocycles. The van der Waals surface area contributed by atoms with Gasteiger partial charge in [-0.05, 0) is 30.0 Å². The Morgan fingerprint density at radius 3 is 2.95 bits per heavy atom. The standard InChI is InChI=1S/C13H15N5OS/c1-2-10(7-19)14-11-3-4-12-15-16-13(18(12)17-11)9-5-6-20-8-9/h3-6,8,10,19H,2,7H2,1H3,(H,14,17). The molecule has 1 atom stereocenters. The van der Waals surface area contributed by atoms with E-state index in [1.165, 1.54) is 0 Å².